The maximum Gasteiger partial charge on any atom is 0.0281 e. The lowest BCUT2D eigenvalue weighted by atomic mass is 10.1. The molecular weight excluding hydrogens is 148 g/mol. The number of rotatable bonds is 1. The number of aromatic nitrogens is 1. The molecule has 0 fully saturated rings. The van der Waals surface area contributed by atoms with Crippen molar-refractivity contribution in [2.75, 3.05) is 0 Å². The van der Waals surface area contributed by atoms with Gasteiger partial charge in [0.15, 0.2) is 0 Å². The molecule has 0 aliphatic carbocycles. The molecule has 1 atom stereocenters. The van der Waals surface area contributed by atoms with Gasteiger partial charge in [0, 0.05) is 24.5 Å². The molecule has 66 valence electrons. The topological polar surface area (TPSA) is 30.9 Å². The van der Waals surface area contributed by atoms with E-state index in [1.807, 2.05) is 6.92 Å². The van der Waals surface area contributed by atoms with Crippen molar-refractivity contribution in [3.05, 3.63) is 23.5 Å². The molecule has 2 N–H and O–H groups in total. The van der Waals surface area contributed by atoms with Crippen molar-refractivity contribution in [3.8, 4) is 0 Å². The van der Waals surface area contributed by atoms with Crippen LogP contribution in [0.4, 0.5) is 0 Å². The average Bonchev–Trinajstić information content (AvgIpc) is 2.46. The third kappa shape index (κ3) is 1.27. The van der Waals surface area contributed by atoms with Gasteiger partial charge in [-0.2, -0.15) is 0 Å². The Kier molecular flexibility index (Phi) is 1.93. The van der Waals surface area contributed by atoms with E-state index < -0.39 is 0 Å². The van der Waals surface area contributed by atoms with E-state index in [9.17, 15) is 0 Å². The predicted octanol–water partition coefficient (Wildman–Crippen LogP) is 1.84. The molecule has 0 spiro atoms. The van der Waals surface area contributed by atoms with Crippen LogP contribution in [-0.4, -0.2) is 4.57 Å². The Morgan fingerprint density at radius 3 is 3.00 bits per heavy atom. The lowest BCUT2D eigenvalue weighted by molar-refractivity contribution is 0.532. The van der Waals surface area contributed by atoms with Crippen molar-refractivity contribution in [3.63, 3.8) is 0 Å². The number of nitrogens with two attached hydrogens (primary N) is 1. The Hall–Kier alpha value is -0.760. The molecule has 2 rings (SSSR count). The number of hydrogen-bond acceptors (Lipinski definition) is 1. The molecule has 0 radical (unpaired) electrons. The van der Waals surface area contributed by atoms with E-state index in [4.69, 9.17) is 5.73 Å². The SMILES string of the molecule is CC(N)c1cc2n(c1)CCCC2. The fourth-order valence-corrected chi connectivity index (χ4v) is 1.84. The summed E-state index contributed by atoms with van der Waals surface area (Å²) in [5, 5.41) is 0. The smallest absolute Gasteiger partial charge is 0.0281 e. The zero-order valence-electron chi connectivity index (χ0n) is 7.59. The van der Waals surface area contributed by atoms with Crippen molar-refractivity contribution in [1.29, 1.82) is 0 Å². The first kappa shape index (κ1) is 7.87. The Bertz CT molecular complexity index is 250. The molecule has 1 aliphatic rings. The number of aryl methyl sites for hydroxylation is 2. The minimum atomic E-state index is 0.183. The second kappa shape index (κ2) is 2.94. The van der Waals surface area contributed by atoms with Crippen LogP contribution in [0.5, 0.6) is 0 Å². The quantitative estimate of drug-likeness (QED) is 0.674. The molecule has 2 nitrogen and oxygen atoms in total. The number of fused-ring (bicyclic) bond motifs is 1. The van der Waals surface area contributed by atoms with Gasteiger partial charge in [0.1, 0.15) is 0 Å². The Balaban J connectivity index is 2.32. The van der Waals surface area contributed by atoms with Gasteiger partial charge < -0.3 is 10.3 Å². The largest absolute Gasteiger partial charge is 0.351 e. The van der Waals surface area contributed by atoms with E-state index in [-0.39, 0.29) is 6.04 Å². The molecule has 0 saturated heterocycles. The van der Waals surface area contributed by atoms with Crippen LogP contribution in [-0.2, 0) is 13.0 Å². The highest BCUT2D eigenvalue weighted by Crippen LogP contribution is 2.20. The van der Waals surface area contributed by atoms with Crippen molar-refractivity contribution >= 4 is 0 Å². The molecule has 0 amide bonds. The molecule has 0 saturated carbocycles. The van der Waals surface area contributed by atoms with Gasteiger partial charge in [-0.15, -0.1) is 0 Å². The number of hydrogen-bond donors (Lipinski definition) is 1. The zero-order chi connectivity index (χ0) is 8.55. The van der Waals surface area contributed by atoms with E-state index in [1.165, 1.54) is 37.1 Å². The highest BCUT2D eigenvalue weighted by molar-refractivity contribution is 5.22. The maximum absolute atomic E-state index is 5.81. The average molecular weight is 164 g/mol. The minimum Gasteiger partial charge on any atom is -0.351 e. The van der Waals surface area contributed by atoms with Crippen LogP contribution in [0, 0.1) is 0 Å². The van der Waals surface area contributed by atoms with Gasteiger partial charge in [-0.05, 0) is 37.8 Å². The first-order valence-corrected chi connectivity index (χ1v) is 4.72. The Labute approximate surface area is 73.4 Å². The molecule has 1 aromatic rings. The molecule has 2 heteroatoms. The molecule has 12 heavy (non-hydrogen) atoms. The summed E-state index contributed by atoms with van der Waals surface area (Å²) in [5.74, 6) is 0. The normalized spacial score (nSPS) is 18.8. The first-order valence-electron chi connectivity index (χ1n) is 4.72. The van der Waals surface area contributed by atoms with Gasteiger partial charge in [-0.1, -0.05) is 0 Å². The molecule has 1 unspecified atom stereocenters. The van der Waals surface area contributed by atoms with E-state index in [1.54, 1.807) is 0 Å². The summed E-state index contributed by atoms with van der Waals surface area (Å²) >= 11 is 0. The summed E-state index contributed by atoms with van der Waals surface area (Å²) in [5.41, 5.74) is 8.56. The van der Waals surface area contributed by atoms with Gasteiger partial charge in [-0.25, -0.2) is 0 Å². The van der Waals surface area contributed by atoms with Gasteiger partial charge in [0.2, 0.25) is 0 Å². The van der Waals surface area contributed by atoms with Crippen LogP contribution in [0.1, 0.15) is 37.1 Å². The Morgan fingerprint density at radius 2 is 2.33 bits per heavy atom. The van der Waals surface area contributed by atoms with Crippen LogP contribution >= 0.6 is 0 Å². The summed E-state index contributed by atoms with van der Waals surface area (Å²) in [4.78, 5) is 0. The highest BCUT2D eigenvalue weighted by Gasteiger charge is 2.11. The monoisotopic (exact) mass is 164 g/mol. The standard InChI is InChI=1S/C10H16N2/c1-8(11)9-6-10-4-2-3-5-12(10)7-9/h6-8H,2-5,11H2,1H3. The fourth-order valence-electron chi connectivity index (χ4n) is 1.84. The Morgan fingerprint density at radius 1 is 1.50 bits per heavy atom. The van der Waals surface area contributed by atoms with Gasteiger partial charge in [0.25, 0.3) is 0 Å². The first-order chi connectivity index (χ1) is 5.77. The van der Waals surface area contributed by atoms with Gasteiger partial charge in [0.05, 0.1) is 0 Å². The van der Waals surface area contributed by atoms with E-state index in [0.29, 0.717) is 0 Å². The van der Waals surface area contributed by atoms with E-state index in [0.717, 1.165) is 0 Å². The second-order valence-electron chi connectivity index (χ2n) is 3.70. The molecule has 0 bridgehead atoms. The molecule has 2 heterocycles. The van der Waals surface area contributed by atoms with Crippen LogP contribution in [0.15, 0.2) is 12.3 Å². The second-order valence-corrected chi connectivity index (χ2v) is 3.70. The van der Waals surface area contributed by atoms with Crippen molar-refractivity contribution in [2.24, 2.45) is 5.73 Å². The third-order valence-corrected chi connectivity index (χ3v) is 2.61. The molecular formula is C10H16N2. The molecule has 0 aromatic carbocycles. The molecule has 1 aliphatic heterocycles. The highest BCUT2D eigenvalue weighted by atomic mass is 15.0. The predicted molar refractivity (Wildman–Crippen MR) is 50.0 cm³/mol. The fraction of sp³-hybridized carbons (Fsp3) is 0.600. The van der Waals surface area contributed by atoms with Crippen LogP contribution in [0.2, 0.25) is 0 Å². The third-order valence-electron chi connectivity index (χ3n) is 2.61. The summed E-state index contributed by atoms with van der Waals surface area (Å²) < 4.78 is 2.35. The van der Waals surface area contributed by atoms with E-state index >= 15 is 0 Å². The van der Waals surface area contributed by atoms with Gasteiger partial charge >= 0.3 is 0 Å². The van der Waals surface area contributed by atoms with Gasteiger partial charge in [-0.3, -0.25) is 0 Å². The maximum atomic E-state index is 5.81. The minimum absolute atomic E-state index is 0.183. The van der Waals surface area contributed by atoms with Crippen LogP contribution in [0.3, 0.4) is 0 Å². The van der Waals surface area contributed by atoms with Crippen molar-refractivity contribution in [1.82, 2.24) is 4.57 Å². The van der Waals surface area contributed by atoms with Crippen molar-refractivity contribution in [2.45, 2.75) is 38.8 Å². The van der Waals surface area contributed by atoms with Crippen LogP contribution < -0.4 is 5.73 Å². The summed E-state index contributed by atoms with van der Waals surface area (Å²) in [6.45, 7) is 3.23. The summed E-state index contributed by atoms with van der Waals surface area (Å²) in [6.07, 6.45) is 6.09. The lowest BCUT2D eigenvalue weighted by Gasteiger charge is -2.13. The lowest BCUT2D eigenvalue weighted by Crippen LogP contribution is -2.07. The van der Waals surface area contributed by atoms with Crippen molar-refractivity contribution < 1.29 is 0 Å². The van der Waals surface area contributed by atoms with E-state index in [2.05, 4.69) is 16.8 Å². The summed E-state index contributed by atoms with van der Waals surface area (Å²) in [6, 6.07) is 2.44. The summed E-state index contributed by atoms with van der Waals surface area (Å²) in [7, 11) is 0. The number of nitrogens with zero attached hydrogens (tertiary/aromatic N) is 1. The molecule has 1 aromatic heterocycles. The van der Waals surface area contributed by atoms with Crippen LogP contribution in [0.25, 0.3) is 0 Å². The zero-order valence-corrected chi connectivity index (χ0v) is 7.59.